The van der Waals surface area contributed by atoms with Gasteiger partial charge in [-0.3, -0.25) is 0 Å². The van der Waals surface area contributed by atoms with Crippen molar-refractivity contribution in [3.8, 4) is 0 Å². The molecule has 0 atom stereocenters. The van der Waals surface area contributed by atoms with Crippen molar-refractivity contribution in [2.75, 3.05) is 32.8 Å². The summed E-state index contributed by atoms with van der Waals surface area (Å²) in [5.74, 6) is -0.0247. The molecule has 0 spiro atoms. The Kier molecular flexibility index (Phi) is 19.9. The van der Waals surface area contributed by atoms with Crippen molar-refractivity contribution in [3.63, 3.8) is 0 Å². The quantitative estimate of drug-likeness (QED) is 0.0850. The van der Waals surface area contributed by atoms with Crippen molar-refractivity contribution < 1.29 is 14.0 Å². The lowest BCUT2D eigenvalue weighted by atomic mass is 10.1. The molecule has 0 aromatic heterocycles. The van der Waals surface area contributed by atoms with E-state index >= 15 is 0 Å². The molecule has 0 aromatic carbocycles. The average Bonchev–Trinajstić information content (AvgIpc) is 2.74. The summed E-state index contributed by atoms with van der Waals surface area (Å²) in [7, 11) is 0. The van der Waals surface area contributed by atoms with E-state index < -0.39 is 0 Å². The van der Waals surface area contributed by atoms with E-state index in [0.717, 1.165) is 30.5 Å². The number of nitrogens with zero attached hydrogens (tertiary/aromatic N) is 1. The first-order valence-corrected chi connectivity index (χ1v) is 12.8. The summed E-state index contributed by atoms with van der Waals surface area (Å²) in [5.41, 5.74) is 0. The Hall–Kier alpha value is -0.830. The first-order valence-electron chi connectivity index (χ1n) is 12.8. The van der Waals surface area contributed by atoms with Crippen LogP contribution in [0.2, 0.25) is 0 Å². The zero-order valence-electron chi connectivity index (χ0n) is 20.4. The van der Waals surface area contributed by atoms with Gasteiger partial charge in [0.15, 0.2) is 6.54 Å². The smallest absolute Gasteiger partial charge is 0.361 e. The summed E-state index contributed by atoms with van der Waals surface area (Å²) in [6, 6.07) is 0. The van der Waals surface area contributed by atoms with Crippen LogP contribution in [-0.2, 0) is 9.53 Å². The van der Waals surface area contributed by atoms with E-state index in [-0.39, 0.29) is 5.97 Å². The number of hydrogen-bond acceptors (Lipinski definition) is 2. The molecular formula is C26H52NO2+. The Morgan fingerprint density at radius 3 is 1.59 bits per heavy atom. The van der Waals surface area contributed by atoms with Crippen LogP contribution in [0.25, 0.3) is 0 Å². The molecule has 0 rings (SSSR count). The third kappa shape index (κ3) is 16.6. The summed E-state index contributed by atoms with van der Waals surface area (Å²) in [5, 5.41) is 0. The fraction of sp³-hybridized carbons (Fsp3) is 0.885. The normalized spacial score (nSPS) is 12.0. The van der Waals surface area contributed by atoms with Crippen LogP contribution in [0.4, 0.5) is 0 Å². The van der Waals surface area contributed by atoms with Gasteiger partial charge in [0.2, 0.25) is 0 Å². The Morgan fingerprint density at radius 2 is 1.10 bits per heavy atom. The molecule has 0 amide bonds. The zero-order valence-corrected chi connectivity index (χ0v) is 20.4. The minimum atomic E-state index is -0.0247. The highest BCUT2D eigenvalue weighted by molar-refractivity contribution is 5.70. The molecule has 0 bridgehead atoms. The van der Waals surface area contributed by atoms with Crippen LogP contribution in [0.1, 0.15) is 118 Å². The molecule has 3 nitrogen and oxygen atoms in total. The Labute approximate surface area is 182 Å². The fourth-order valence-electron chi connectivity index (χ4n) is 3.86. The second-order valence-corrected chi connectivity index (χ2v) is 8.61. The summed E-state index contributed by atoms with van der Waals surface area (Å²) in [6.45, 7) is 12.9. The number of allylic oxidation sites excluding steroid dienone is 2. The van der Waals surface area contributed by atoms with Gasteiger partial charge in [0.05, 0.1) is 26.2 Å². The number of esters is 1. The van der Waals surface area contributed by atoms with E-state index in [9.17, 15) is 4.79 Å². The van der Waals surface area contributed by atoms with Crippen LogP contribution in [0.3, 0.4) is 0 Å². The molecule has 0 N–H and O–H groups in total. The Balaban J connectivity index is 3.41. The molecule has 0 saturated heterocycles. The van der Waals surface area contributed by atoms with Crippen molar-refractivity contribution >= 4 is 5.97 Å². The average molecular weight is 411 g/mol. The summed E-state index contributed by atoms with van der Waals surface area (Å²) in [6.07, 6.45) is 23.0. The second kappa shape index (κ2) is 20.4. The van der Waals surface area contributed by atoms with E-state index in [0.29, 0.717) is 13.2 Å². The number of likely N-dealkylation sites (N-methyl/N-ethyl adjacent to an activating group) is 1. The first-order chi connectivity index (χ1) is 14.1. The molecular weight excluding hydrogens is 358 g/mol. The number of carbonyl (C=O) groups is 1. The molecule has 0 saturated carbocycles. The lowest BCUT2D eigenvalue weighted by Crippen LogP contribution is -2.51. The fourth-order valence-corrected chi connectivity index (χ4v) is 3.86. The topological polar surface area (TPSA) is 26.3 Å². The zero-order chi connectivity index (χ0) is 21.6. The van der Waals surface area contributed by atoms with Gasteiger partial charge >= 0.3 is 5.97 Å². The van der Waals surface area contributed by atoms with Crippen molar-refractivity contribution in [1.82, 2.24) is 0 Å². The van der Waals surface area contributed by atoms with Gasteiger partial charge < -0.3 is 9.22 Å². The molecule has 0 heterocycles. The highest BCUT2D eigenvalue weighted by Crippen LogP contribution is 2.10. The predicted octanol–water partition coefficient (Wildman–Crippen LogP) is 7.44. The SMILES string of the molecule is CCCCCCCC/C=C/CCCCCCCCOC(=O)C[N+](CC)(CC)CC. The first kappa shape index (κ1) is 28.2. The Morgan fingerprint density at radius 1 is 0.655 bits per heavy atom. The van der Waals surface area contributed by atoms with Gasteiger partial charge in [-0.15, -0.1) is 0 Å². The van der Waals surface area contributed by atoms with E-state index in [4.69, 9.17) is 4.74 Å². The van der Waals surface area contributed by atoms with Gasteiger partial charge in [0.1, 0.15) is 0 Å². The largest absolute Gasteiger partial charge is 0.462 e. The standard InChI is InChI=1S/C26H52NO2/c1-5-9-10-11-12-13-14-15-16-17-18-19-20-21-22-23-24-29-26(28)25-27(6-2,7-3)8-4/h15-16H,5-14,17-25H2,1-4H3/q+1/b16-15+. The molecule has 172 valence electrons. The molecule has 0 unspecified atom stereocenters. The minimum absolute atomic E-state index is 0.0247. The third-order valence-corrected chi connectivity index (χ3v) is 6.40. The van der Waals surface area contributed by atoms with Gasteiger partial charge in [-0.1, -0.05) is 76.9 Å². The molecule has 3 heteroatoms. The van der Waals surface area contributed by atoms with Gasteiger partial charge in [0, 0.05) is 0 Å². The van der Waals surface area contributed by atoms with Crippen LogP contribution >= 0.6 is 0 Å². The van der Waals surface area contributed by atoms with Gasteiger partial charge in [-0.2, -0.15) is 0 Å². The maximum absolute atomic E-state index is 12.1. The number of ether oxygens (including phenoxy) is 1. The van der Waals surface area contributed by atoms with Crippen LogP contribution in [-0.4, -0.2) is 43.2 Å². The molecule has 0 aliphatic carbocycles. The van der Waals surface area contributed by atoms with Crippen molar-refractivity contribution in [2.45, 2.75) is 118 Å². The maximum Gasteiger partial charge on any atom is 0.361 e. The third-order valence-electron chi connectivity index (χ3n) is 6.40. The van der Waals surface area contributed by atoms with Gasteiger partial charge in [0.25, 0.3) is 0 Å². The second-order valence-electron chi connectivity index (χ2n) is 8.61. The molecule has 0 aromatic rings. The Bertz CT molecular complexity index is 380. The van der Waals surface area contributed by atoms with E-state index in [1.807, 2.05) is 0 Å². The van der Waals surface area contributed by atoms with Crippen LogP contribution in [0.5, 0.6) is 0 Å². The summed E-state index contributed by atoms with van der Waals surface area (Å²) < 4.78 is 6.30. The molecule has 0 aliphatic rings. The van der Waals surface area contributed by atoms with Crippen molar-refractivity contribution in [2.24, 2.45) is 0 Å². The maximum atomic E-state index is 12.1. The monoisotopic (exact) mass is 410 g/mol. The lowest BCUT2D eigenvalue weighted by Gasteiger charge is -2.34. The van der Waals surface area contributed by atoms with Gasteiger partial charge in [-0.05, 0) is 52.9 Å². The summed E-state index contributed by atoms with van der Waals surface area (Å²) >= 11 is 0. The van der Waals surface area contributed by atoms with E-state index in [1.165, 1.54) is 83.5 Å². The number of carbonyl (C=O) groups excluding carboxylic acids is 1. The molecule has 0 radical (unpaired) electrons. The van der Waals surface area contributed by atoms with Crippen LogP contribution in [0, 0.1) is 0 Å². The number of rotatable bonds is 21. The lowest BCUT2D eigenvalue weighted by molar-refractivity contribution is -0.916. The van der Waals surface area contributed by atoms with Gasteiger partial charge in [-0.25, -0.2) is 4.79 Å². The predicted molar refractivity (Wildman–Crippen MR) is 127 cm³/mol. The van der Waals surface area contributed by atoms with Crippen molar-refractivity contribution in [3.05, 3.63) is 12.2 Å². The number of quaternary nitrogens is 1. The highest BCUT2D eigenvalue weighted by atomic mass is 16.5. The van der Waals surface area contributed by atoms with Crippen molar-refractivity contribution in [1.29, 1.82) is 0 Å². The minimum Gasteiger partial charge on any atom is -0.462 e. The summed E-state index contributed by atoms with van der Waals surface area (Å²) in [4.78, 5) is 12.1. The molecule has 0 fully saturated rings. The van der Waals surface area contributed by atoms with Crippen LogP contribution < -0.4 is 0 Å². The van der Waals surface area contributed by atoms with E-state index in [1.54, 1.807) is 0 Å². The highest BCUT2D eigenvalue weighted by Gasteiger charge is 2.25. The molecule has 29 heavy (non-hydrogen) atoms. The molecule has 0 aliphatic heterocycles. The number of unbranched alkanes of at least 4 members (excludes halogenated alkanes) is 12. The van der Waals surface area contributed by atoms with E-state index in [2.05, 4.69) is 39.8 Å². The number of hydrogen-bond donors (Lipinski definition) is 0. The van der Waals surface area contributed by atoms with Crippen LogP contribution in [0.15, 0.2) is 12.2 Å².